The fourth-order valence-electron chi connectivity index (χ4n) is 3.98. The molecule has 3 heterocycles. The third-order valence-electron chi connectivity index (χ3n) is 4.80. The van der Waals surface area contributed by atoms with Crippen molar-refractivity contribution in [1.29, 1.82) is 0 Å². The lowest BCUT2D eigenvalue weighted by molar-refractivity contribution is 0.431. The molecule has 0 unspecified atom stereocenters. The molecule has 21 heavy (non-hydrogen) atoms. The average Bonchev–Trinajstić information content (AvgIpc) is 2.49. The summed E-state index contributed by atoms with van der Waals surface area (Å²) >= 11 is 0. The molecule has 3 heteroatoms. The van der Waals surface area contributed by atoms with E-state index >= 15 is 0 Å². The van der Waals surface area contributed by atoms with Gasteiger partial charge in [-0.15, -0.1) is 0 Å². The fourth-order valence-corrected chi connectivity index (χ4v) is 3.98. The van der Waals surface area contributed by atoms with Gasteiger partial charge in [0.05, 0.1) is 0 Å². The molecule has 1 aromatic carbocycles. The Balaban J connectivity index is 1.93. The third kappa shape index (κ3) is 1.99. The van der Waals surface area contributed by atoms with Crippen LogP contribution in [0.4, 0.5) is 5.69 Å². The van der Waals surface area contributed by atoms with Crippen molar-refractivity contribution < 1.29 is 4.74 Å². The Kier molecular flexibility index (Phi) is 3.03. The molecule has 0 saturated heterocycles. The van der Waals surface area contributed by atoms with Crippen molar-refractivity contribution in [2.24, 2.45) is 5.73 Å². The fraction of sp³-hybridized carbons (Fsp3) is 0.444. The highest BCUT2D eigenvalue weighted by Gasteiger charge is 2.30. The number of fused-ring (bicyclic) bond motifs is 2. The number of hydrogen-bond acceptors (Lipinski definition) is 3. The van der Waals surface area contributed by atoms with Crippen LogP contribution in [0.15, 0.2) is 24.5 Å². The van der Waals surface area contributed by atoms with E-state index in [1.807, 2.05) is 0 Å². The van der Waals surface area contributed by atoms with E-state index in [2.05, 4.69) is 23.6 Å². The maximum absolute atomic E-state index is 6.04. The zero-order valence-corrected chi connectivity index (χ0v) is 12.5. The SMILES string of the molecule is C=C1C=C(CCN)c2cc3c4c(c2O1)CCCN4CCC3. The number of rotatable bonds is 2. The van der Waals surface area contributed by atoms with Gasteiger partial charge >= 0.3 is 0 Å². The third-order valence-corrected chi connectivity index (χ3v) is 4.80. The summed E-state index contributed by atoms with van der Waals surface area (Å²) in [7, 11) is 0. The minimum atomic E-state index is 0.664. The van der Waals surface area contributed by atoms with Crippen LogP contribution in [0.1, 0.15) is 36.0 Å². The molecule has 2 N–H and O–H groups in total. The number of anilines is 1. The van der Waals surface area contributed by atoms with Gasteiger partial charge in [0, 0.05) is 29.9 Å². The average molecular weight is 282 g/mol. The van der Waals surface area contributed by atoms with E-state index in [0.717, 1.165) is 24.4 Å². The van der Waals surface area contributed by atoms with Gasteiger partial charge in [0.1, 0.15) is 11.5 Å². The Hall–Kier alpha value is -1.74. The van der Waals surface area contributed by atoms with Crippen LogP contribution in [-0.2, 0) is 12.8 Å². The molecule has 1 aromatic rings. The van der Waals surface area contributed by atoms with E-state index < -0.39 is 0 Å². The Morgan fingerprint density at radius 1 is 1.24 bits per heavy atom. The van der Waals surface area contributed by atoms with Crippen molar-refractivity contribution in [1.82, 2.24) is 0 Å². The summed E-state index contributed by atoms with van der Waals surface area (Å²) in [6.45, 7) is 7.05. The van der Waals surface area contributed by atoms with Crippen molar-refractivity contribution >= 4 is 11.3 Å². The van der Waals surface area contributed by atoms with Crippen LogP contribution in [0.2, 0.25) is 0 Å². The maximum atomic E-state index is 6.04. The molecule has 0 radical (unpaired) electrons. The highest BCUT2D eigenvalue weighted by Crippen LogP contribution is 2.47. The van der Waals surface area contributed by atoms with E-state index in [9.17, 15) is 0 Å². The standard InChI is InChI=1S/C18H22N2O/c1-12-10-13(6-7-19)16-11-14-4-2-8-20-9-3-5-15(17(14)20)18(16)21-12/h10-11H,1-9,19H2. The van der Waals surface area contributed by atoms with Gasteiger partial charge in [0.25, 0.3) is 0 Å². The summed E-state index contributed by atoms with van der Waals surface area (Å²) in [5, 5.41) is 0. The lowest BCUT2D eigenvalue weighted by Crippen LogP contribution is -2.35. The Labute approximate surface area is 126 Å². The van der Waals surface area contributed by atoms with E-state index in [0.29, 0.717) is 6.54 Å². The number of hydrogen-bond donors (Lipinski definition) is 1. The summed E-state index contributed by atoms with van der Waals surface area (Å²) in [4.78, 5) is 2.55. The number of aryl methyl sites for hydroxylation is 1. The van der Waals surface area contributed by atoms with Crippen LogP contribution in [0.5, 0.6) is 5.75 Å². The molecular formula is C18H22N2O. The number of benzene rings is 1. The molecule has 0 atom stereocenters. The molecule has 3 nitrogen and oxygen atoms in total. The largest absolute Gasteiger partial charge is 0.457 e. The van der Waals surface area contributed by atoms with Gasteiger partial charge in [-0.1, -0.05) is 6.58 Å². The predicted octanol–water partition coefficient (Wildman–Crippen LogP) is 3.02. The van der Waals surface area contributed by atoms with Crippen LogP contribution in [0.3, 0.4) is 0 Å². The summed E-state index contributed by atoms with van der Waals surface area (Å²) in [5.74, 6) is 1.80. The molecule has 0 aliphatic carbocycles. The van der Waals surface area contributed by atoms with Gasteiger partial charge in [0.15, 0.2) is 0 Å². The molecule has 0 amide bonds. The van der Waals surface area contributed by atoms with Gasteiger partial charge in [0.2, 0.25) is 0 Å². The predicted molar refractivity (Wildman–Crippen MR) is 86.7 cm³/mol. The molecule has 0 bridgehead atoms. The Morgan fingerprint density at radius 2 is 2.05 bits per heavy atom. The first-order valence-electron chi connectivity index (χ1n) is 7.99. The number of nitrogens with two attached hydrogens (primary N) is 1. The van der Waals surface area contributed by atoms with E-state index in [-0.39, 0.29) is 0 Å². The summed E-state index contributed by atoms with van der Waals surface area (Å²) in [5.41, 5.74) is 12.7. The molecule has 3 aliphatic heterocycles. The number of allylic oxidation sites excluding steroid dienone is 1. The molecule has 0 fully saturated rings. The smallest absolute Gasteiger partial charge is 0.140 e. The minimum Gasteiger partial charge on any atom is -0.457 e. The minimum absolute atomic E-state index is 0.664. The second-order valence-corrected chi connectivity index (χ2v) is 6.21. The first-order valence-corrected chi connectivity index (χ1v) is 7.99. The van der Waals surface area contributed by atoms with Crippen LogP contribution in [-0.4, -0.2) is 19.6 Å². The molecule has 0 aromatic heterocycles. The van der Waals surface area contributed by atoms with Gasteiger partial charge in [-0.25, -0.2) is 0 Å². The quantitative estimate of drug-likeness (QED) is 0.906. The second-order valence-electron chi connectivity index (χ2n) is 6.21. The van der Waals surface area contributed by atoms with Crippen LogP contribution in [0, 0.1) is 0 Å². The van der Waals surface area contributed by atoms with Gasteiger partial charge < -0.3 is 15.4 Å². The van der Waals surface area contributed by atoms with Crippen molar-refractivity contribution in [3.63, 3.8) is 0 Å². The van der Waals surface area contributed by atoms with Crippen LogP contribution >= 0.6 is 0 Å². The maximum Gasteiger partial charge on any atom is 0.140 e. The summed E-state index contributed by atoms with van der Waals surface area (Å²) < 4.78 is 6.04. The normalized spacial score (nSPS) is 19.6. The molecular weight excluding hydrogens is 260 g/mol. The molecule has 0 spiro atoms. The molecule has 4 rings (SSSR count). The van der Waals surface area contributed by atoms with Gasteiger partial charge in [-0.2, -0.15) is 0 Å². The lowest BCUT2D eigenvalue weighted by Gasteiger charge is -2.39. The monoisotopic (exact) mass is 282 g/mol. The molecule has 110 valence electrons. The number of ether oxygens (including phenoxy) is 1. The van der Waals surface area contributed by atoms with E-state index in [4.69, 9.17) is 10.5 Å². The summed E-state index contributed by atoms with van der Waals surface area (Å²) in [6.07, 6.45) is 7.71. The highest BCUT2D eigenvalue weighted by atomic mass is 16.5. The summed E-state index contributed by atoms with van der Waals surface area (Å²) in [6, 6.07) is 2.35. The first kappa shape index (κ1) is 13.0. The first-order chi connectivity index (χ1) is 10.3. The highest BCUT2D eigenvalue weighted by molar-refractivity contribution is 5.82. The lowest BCUT2D eigenvalue weighted by atomic mass is 9.85. The van der Waals surface area contributed by atoms with Gasteiger partial charge in [-0.05, 0) is 61.9 Å². The van der Waals surface area contributed by atoms with Crippen molar-refractivity contribution in [3.05, 3.63) is 41.2 Å². The van der Waals surface area contributed by atoms with Crippen molar-refractivity contribution in [2.75, 3.05) is 24.5 Å². The molecule has 0 saturated carbocycles. The topological polar surface area (TPSA) is 38.5 Å². The second kappa shape index (κ2) is 4.92. The zero-order chi connectivity index (χ0) is 14.4. The van der Waals surface area contributed by atoms with Crippen molar-refractivity contribution in [3.8, 4) is 5.75 Å². The van der Waals surface area contributed by atoms with Gasteiger partial charge in [-0.3, -0.25) is 0 Å². The van der Waals surface area contributed by atoms with Crippen LogP contribution in [0.25, 0.3) is 5.57 Å². The Morgan fingerprint density at radius 3 is 2.86 bits per heavy atom. The van der Waals surface area contributed by atoms with Crippen molar-refractivity contribution in [2.45, 2.75) is 32.1 Å². The number of nitrogens with zero attached hydrogens (tertiary/aromatic N) is 1. The van der Waals surface area contributed by atoms with E-state index in [1.54, 1.807) is 0 Å². The van der Waals surface area contributed by atoms with Crippen LogP contribution < -0.4 is 15.4 Å². The molecule has 3 aliphatic rings. The van der Waals surface area contributed by atoms with E-state index in [1.165, 1.54) is 60.3 Å². The Bertz CT molecular complexity index is 643. The zero-order valence-electron chi connectivity index (χ0n) is 12.5.